The molecule has 2 aromatic heterocycles. The highest BCUT2D eigenvalue weighted by atomic mass is 32.1. The van der Waals surface area contributed by atoms with Crippen LogP contribution in [0.15, 0.2) is 29.8 Å². The SMILES string of the molecule is CCNC(c1cccs1)c1ccnn1C. The van der Waals surface area contributed by atoms with Crippen LogP contribution in [-0.4, -0.2) is 16.3 Å². The van der Waals surface area contributed by atoms with Crippen molar-refractivity contribution in [1.29, 1.82) is 0 Å². The molecule has 0 saturated heterocycles. The Balaban J connectivity index is 2.32. The highest BCUT2D eigenvalue weighted by Gasteiger charge is 2.16. The molecule has 2 rings (SSSR count). The van der Waals surface area contributed by atoms with Gasteiger partial charge in [0.05, 0.1) is 11.7 Å². The third kappa shape index (κ3) is 2.11. The van der Waals surface area contributed by atoms with Crippen molar-refractivity contribution < 1.29 is 0 Å². The Kier molecular flexibility index (Phi) is 3.18. The van der Waals surface area contributed by atoms with Crippen LogP contribution in [0, 0.1) is 0 Å². The minimum atomic E-state index is 0.266. The van der Waals surface area contributed by atoms with Crippen LogP contribution in [0.1, 0.15) is 23.5 Å². The quantitative estimate of drug-likeness (QED) is 0.857. The summed E-state index contributed by atoms with van der Waals surface area (Å²) in [5, 5.41) is 9.80. The summed E-state index contributed by atoms with van der Waals surface area (Å²) in [5.74, 6) is 0. The van der Waals surface area contributed by atoms with Crippen molar-refractivity contribution in [3.63, 3.8) is 0 Å². The Morgan fingerprint density at radius 2 is 2.40 bits per heavy atom. The van der Waals surface area contributed by atoms with Crippen LogP contribution < -0.4 is 5.32 Å². The Morgan fingerprint density at radius 1 is 1.53 bits per heavy atom. The van der Waals surface area contributed by atoms with Gasteiger partial charge >= 0.3 is 0 Å². The molecule has 0 radical (unpaired) electrons. The first-order valence-corrected chi connectivity index (χ1v) is 5.95. The fourth-order valence-electron chi connectivity index (χ4n) is 1.68. The van der Waals surface area contributed by atoms with Crippen molar-refractivity contribution in [1.82, 2.24) is 15.1 Å². The fourth-order valence-corrected chi connectivity index (χ4v) is 2.49. The van der Waals surface area contributed by atoms with Crippen molar-refractivity contribution in [3.05, 3.63) is 40.3 Å². The van der Waals surface area contributed by atoms with Crippen LogP contribution in [-0.2, 0) is 7.05 Å². The first-order valence-electron chi connectivity index (χ1n) is 5.07. The van der Waals surface area contributed by atoms with E-state index in [1.54, 1.807) is 11.3 Å². The van der Waals surface area contributed by atoms with Gasteiger partial charge in [-0.1, -0.05) is 13.0 Å². The molecular formula is C11H15N3S. The normalized spacial score (nSPS) is 12.9. The van der Waals surface area contributed by atoms with Gasteiger partial charge in [0.1, 0.15) is 0 Å². The zero-order valence-corrected chi connectivity index (χ0v) is 9.79. The molecule has 4 heteroatoms. The largest absolute Gasteiger partial charge is 0.305 e. The lowest BCUT2D eigenvalue weighted by atomic mass is 10.1. The number of hydrogen-bond donors (Lipinski definition) is 1. The highest BCUT2D eigenvalue weighted by Crippen LogP contribution is 2.25. The molecule has 2 heterocycles. The Bertz CT molecular complexity index is 405. The van der Waals surface area contributed by atoms with Crippen LogP contribution in [0.25, 0.3) is 0 Å². The van der Waals surface area contributed by atoms with E-state index in [0.29, 0.717) is 0 Å². The molecule has 0 spiro atoms. The first-order chi connectivity index (χ1) is 7.33. The molecule has 2 aromatic rings. The summed E-state index contributed by atoms with van der Waals surface area (Å²) in [7, 11) is 1.98. The number of rotatable bonds is 4. The fraction of sp³-hybridized carbons (Fsp3) is 0.364. The molecule has 0 aliphatic heterocycles. The van der Waals surface area contributed by atoms with E-state index >= 15 is 0 Å². The van der Waals surface area contributed by atoms with Crippen molar-refractivity contribution in [2.45, 2.75) is 13.0 Å². The third-order valence-corrected chi connectivity index (χ3v) is 3.33. The smallest absolute Gasteiger partial charge is 0.0841 e. The van der Waals surface area contributed by atoms with Gasteiger partial charge in [0.2, 0.25) is 0 Å². The molecule has 0 saturated carbocycles. The van der Waals surface area contributed by atoms with Gasteiger partial charge in [0, 0.05) is 18.1 Å². The van der Waals surface area contributed by atoms with Gasteiger partial charge in [-0.3, -0.25) is 4.68 Å². The lowest BCUT2D eigenvalue weighted by Crippen LogP contribution is -2.23. The molecule has 0 fully saturated rings. The van der Waals surface area contributed by atoms with E-state index in [0.717, 1.165) is 6.54 Å². The molecular weight excluding hydrogens is 206 g/mol. The van der Waals surface area contributed by atoms with E-state index in [1.807, 2.05) is 17.9 Å². The van der Waals surface area contributed by atoms with Crippen LogP contribution in [0.2, 0.25) is 0 Å². The van der Waals surface area contributed by atoms with Crippen LogP contribution in [0.4, 0.5) is 0 Å². The number of hydrogen-bond acceptors (Lipinski definition) is 3. The first kappa shape index (κ1) is 10.4. The topological polar surface area (TPSA) is 29.9 Å². The molecule has 0 aromatic carbocycles. The van der Waals surface area contributed by atoms with Crippen LogP contribution >= 0.6 is 11.3 Å². The predicted octanol–water partition coefficient (Wildman–Crippen LogP) is 2.18. The zero-order chi connectivity index (χ0) is 10.7. The third-order valence-electron chi connectivity index (χ3n) is 2.39. The summed E-state index contributed by atoms with van der Waals surface area (Å²) in [6, 6.07) is 6.57. The monoisotopic (exact) mass is 221 g/mol. The second-order valence-corrected chi connectivity index (χ2v) is 4.37. The van der Waals surface area contributed by atoms with Crippen molar-refractivity contribution >= 4 is 11.3 Å². The Hall–Kier alpha value is -1.13. The standard InChI is InChI=1S/C11H15N3S/c1-3-12-11(10-5-4-8-15-10)9-6-7-13-14(9)2/h4-8,11-12H,3H2,1-2H3. The molecule has 1 unspecified atom stereocenters. The van der Waals surface area contributed by atoms with Gasteiger partial charge < -0.3 is 5.32 Å². The maximum absolute atomic E-state index is 4.21. The van der Waals surface area contributed by atoms with E-state index in [4.69, 9.17) is 0 Å². The number of nitrogens with zero attached hydrogens (tertiary/aromatic N) is 2. The summed E-state index contributed by atoms with van der Waals surface area (Å²) in [6.07, 6.45) is 1.84. The average molecular weight is 221 g/mol. The number of aromatic nitrogens is 2. The molecule has 1 atom stereocenters. The van der Waals surface area contributed by atoms with E-state index in [9.17, 15) is 0 Å². The molecule has 0 aliphatic rings. The summed E-state index contributed by atoms with van der Waals surface area (Å²) in [4.78, 5) is 1.33. The van der Waals surface area contributed by atoms with Gasteiger partial charge in [-0.05, 0) is 24.1 Å². The Labute approximate surface area is 93.7 Å². The van der Waals surface area contributed by atoms with Gasteiger partial charge in [-0.2, -0.15) is 5.10 Å². The second kappa shape index (κ2) is 4.59. The Morgan fingerprint density at radius 3 is 2.93 bits per heavy atom. The molecule has 0 aliphatic carbocycles. The van der Waals surface area contributed by atoms with E-state index in [-0.39, 0.29) is 6.04 Å². The predicted molar refractivity (Wildman–Crippen MR) is 63.0 cm³/mol. The molecule has 0 amide bonds. The van der Waals surface area contributed by atoms with Crippen LogP contribution in [0.3, 0.4) is 0 Å². The van der Waals surface area contributed by atoms with Crippen molar-refractivity contribution in [3.8, 4) is 0 Å². The van der Waals surface area contributed by atoms with Gasteiger partial charge in [-0.15, -0.1) is 11.3 Å². The van der Waals surface area contributed by atoms with E-state index in [2.05, 4.69) is 40.9 Å². The zero-order valence-electron chi connectivity index (χ0n) is 8.97. The maximum atomic E-state index is 4.21. The lowest BCUT2D eigenvalue weighted by molar-refractivity contribution is 0.579. The maximum Gasteiger partial charge on any atom is 0.0841 e. The molecule has 80 valence electrons. The molecule has 1 N–H and O–H groups in total. The molecule has 0 bridgehead atoms. The lowest BCUT2D eigenvalue weighted by Gasteiger charge is -2.16. The minimum Gasteiger partial charge on any atom is -0.305 e. The van der Waals surface area contributed by atoms with Gasteiger partial charge in [0.15, 0.2) is 0 Å². The summed E-state index contributed by atoms with van der Waals surface area (Å²) < 4.78 is 1.92. The van der Waals surface area contributed by atoms with Crippen molar-refractivity contribution in [2.75, 3.05) is 6.54 Å². The summed E-state index contributed by atoms with van der Waals surface area (Å²) in [6.45, 7) is 3.07. The van der Waals surface area contributed by atoms with Crippen molar-refractivity contribution in [2.24, 2.45) is 7.05 Å². The summed E-state index contributed by atoms with van der Waals surface area (Å²) >= 11 is 1.77. The minimum absolute atomic E-state index is 0.266. The average Bonchev–Trinajstić information content (AvgIpc) is 2.85. The summed E-state index contributed by atoms with van der Waals surface area (Å²) in [5.41, 5.74) is 1.21. The number of thiophene rings is 1. The number of aryl methyl sites for hydroxylation is 1. The van der Waals surface area contributed by atoms with E-state index < -0.39 is 0 Å². The van der Waals surface area contributed by atoms with Crippen LogP contribution in [0.5, 0.6) is 0 Å². The second-order valence-electron chi connectivity index (χ2n) is 3.39. The molecule has 15 heavy (non-hydrogen) atoms. The van der Waals surface area contributed by atoms with Gasteiger partial charge in [0.25, 0.3) is 0 Å². The highest BCUT2D eigenvalue weighted by molar-refractivity contribution is 7.10. The van der Waals surface area contributed by atoms with E-state index in [1.165, 1.54) is 10.6 Å². The molecule has 3 nitrogen and oxygen atoms in total. The van der Waals surface area contributed by atoms with Gasteiger partial charge in [-0.25, -0.2) is 0 Å². The number of nitrogens with one attached hydrogen (secondary N) is 1.